The topological polar surface area (TPSA) is 47.7 Å². The maximum Gasteiger partial charge on any atom is 0.231 e. The lowest BCUT2D eigenvalue weighted by Gasteiger charge is -2.24. The molecule has 3 rings (SSSR count). The van der Waals surface area contributed by atoms with Crippen LogP contribution >= 0.6 is 0 Å². The maximum atomic E-state index is 6.32. The van der Waals surface area contributed by atoms with E-state index in [1.807, 2.05) is 18.2 Å². The van der Waals surface area contributed by atoms with Gasteiger partial charge in [-0.2, -0.15) is 0 Å². The van der Waals surface area contributed by atoms with Gasteiger partial charge in [0.15, 0.2) is 11.5 Å². The van der Waals surface area contributed by atoms with Gasteiger partial charge in [-0.1, -0.05) is 23.8 Å². The van der Waals surface area contributed by atoms with E-state index in [1.54, 1.807) is 0 Å². The van der Waals surface area contributed by atoms with E-state index in [0.29, 0.717) is 0 Å². The highest BCUT2D eigenvalue weighted by Crippen LogP contribution is 2.34. The minimum atomic E-state index is -0.0780. The van der Waals surface area contributed by atoms with Crippen molar-refractivity contribution in [2.45, 2.75) is 13.0 Å². The monoisotopic (exact) mass is 284 g/mol. The van der Waals surface area contributed by atoms with Crippen LogP contribution in [-0.2, 0) is 0 Å². The van der Waals surface area contributed by atoms with Crippen LogP contribution < -0.4 is 20.1 Å². The summed E-state index contributed by atoms with van der Waals surface area (Å²) < 4.78 is 10.7. The Bertz CT molecular complexity index is 625. The second-order valence-electron chi connectivity index (χ2n) is 5.44. The molecule has 1 atom stereocenters. The fourth-order valence-corrected chi connectivity index (χ4v) is 2.45. The Morgan fingerprint density at radius 3 is 2.57 bits per heavy atom. The predicted octanol–water partition coefficient (Wildman–Crippen LogP) is 2.86. The first kappa shape index (κ1) is 13.8. The average Bonchev–Trinajstić information content (AvgIpc) is 2.95. The number of hydrogen-bond donors (Lipinski definition) is 1. The molecule has 0 bridgehead atoms. The number of fused-ring (bicyclic) bond motifs is 1. The third-order valence-electron chi connectivity index (χ3n) is 3.77. The summed E-state index contributed by atoms with van der Waals surface area (Å²) in [6.07, 6.45) is 0. The lowest BCUT2D eigenvalue weighted by atomic mass is 10.1. The minimum Gasteiger partial charge on any atom is -0.454 e. The molecule has 1 aliphatic heterocycles. The van der Waals surface area contributed by atoms with Gasteiger partial charge in [0.05, 0.1) is 0 Å². The van der Waals surface area contributed by atoms with Gasteiger partial charge < -0.3 is 20.1 Å². The van der Waals surface area contributed by atoms with Crippen molar-refractivity contribution in [2.24, 2.45) is 5.73 Å². The fourth-order valence-electron chi connectivity index (χ4n) is 2.45. The summed E-state index contributed by atoms with van der Waals surface area (Å²) >= 11 is 0. The molecule has 0 saturated carbocycles. The molecule has 2 aromatic carbocycles. The number of ether oxygens (including phenoxy) is 2. The molecule has 0 amide bonds. The molecule has 1 unspecified atom stereocenters. The highest BCUT2D eigenvalue weighted by atomic mass is 16.7. The number of hydrogen-bond acceptors (Lipinski definition) is 4. The summed E-state index contributed by atoms with van der Waals surface area (Å²) in [5, 5.41) is 0. The van der Waals surface area contributed by atoms with E-state index in [2.05, 4.69) is 43.1 Å². The number of nitrogens with two attached hydrogens (primary N) is 1. The lowest BCUT2D eigenvalue weighted by Crippen LogP contribution is -2.28. The van der Waals surface area contributed by atoms with Crippen molar-refractivity contribution >= 4 is 5.69 Å². The number of aryl methyl sites for hydroxylation is 1. The normalized spacial score (nSPS) is 14.0. The van der Waals surface area contributed by atoms with Crippen LogP contribution in [0.3, 0.4) is 0 Å². The number of rotatable bonds is 4. The quantitative estimate of drug-likeness (QED) is 0.938. The summed E-state index contributed by atoms with van der Waals surface area (Å²) in [5.41, 5.74) is 9.79. The van der Waals surface area contributed by atoms with Crippen molar-refractivity contribution in [3.05, 3.63) is 53.6 Å². The SMILES string of the molecule is Cc1ccc(N(C)CC(N)c2ccc3c(c2)OCO3)cc1. The molecule has 110 valence electrons. The van der Waals surface area contributed by atoms with Crippen molar-refractivity contribution in [1.82, 2.24) is 0 Å². The standard InChI is InChI=1S/C17H20N2O2/c1-12-3-6-14(7-4-12)19(2)10-15(18)13-5-8-16-17(9-13)21-11-20-16/h3-9,15H,10-11,18H2,1-2H3. The largest absolute Gasteiger partial charge is 0.454 e. The van der Waals surface area contributed by atoms with Crippen LogP contribution in [0.25, 0.3) is 0 Å². The number of nitrogens with zero attached hydrogens (tertiary/aromatic N) is 1. The van der Waals surface area contributed by atoms with Gasteiger partial charge in [-0.05, 0) is 36.8 Å². The highest BCUT2D eigenvalue weighted by Gasteiger charge is 2.17. The molecular weight excluding hydrogens is 264 g/mol. The number of anilines is 1. The lowest BCUT2D eigenvalue weighted by molar-refractivity contribution is 0.174. The molecule has 0 fully saturated rings. The number of benzene rings is 2. The van der Waals surface area contributed by atoms with Gasteiger partial charge in [0, 0.05) is 25.3 Å². The first-order valence-electron chi connectivity index (χ1n) is 7.06. The second-order valence-corrected chi connectivity index (χ2v) is 5.44. The van der Waals surface area contributed by atoms with Gasteiger partial charge in [0.1, 0.15) is 0 Å². The third kappa shape index (κ3) is 2.95. The van der Waals surface area contributed by atoms with E-state index in [4.69, 9.17) is 15.2 Å². The summed E-state index contributed by atoms with van der Waals surface area (Å²) in [4.78, 5) is 2.16. The summed E-state index contributed by atoms with van der Waals surface area (Å²) in [6.45, 7) is 3.11. The van der Waals surface area contributed by atoms with Crippen LogP contribution in [0.4, 0.5) is 5.69 Å². The Morgan fingerprint density at radius 1 is 1.10 bits per heavy atom. The molecule has 21 heavy (non-hydrogen) atoms. The molecule has 0 saturated heterocycles. The molecular formula is C17H20N2O2. The van der Waals surface area contributed by atoms with Gasteiger partial charge in [-0.25, -0.2) is 0 Å². The van der Waals surface area contributed by atoms with Crippen molar-refractivity contribution in [1.29, 1.82) is 0 Å². The Hall–Kier alpha value is -2.20. The van der Waals surface area contributed by atoms with Gasteiger partial charge >= 0.3 is 0 Å². The molecule has 0 radical (unpaired) electrons. The van der Waals surface area contributed by atoms with Gasteiger partial charge in [0.2, 0.25) is 6.79 Å². The van der Waals surface area contributed by atoms with E-state index in [-0.39, 0.29) is 12.8 Å². The molecule has 0 aliphatic carbocycles. The molecule has 1 aliphatic rings. The Morgan fingerprint density at radius 2 is 1.81 bits per heavy atom. The predicted molar refractivity (Wildman–Crippen MR) is 83.9 cm³/mol. The van der Waals surface area contributed by atoms with E-state index >= 15 is 0 Å². The molecule has 1 heterocycles. The minimum absolute atomic E-state index is 0.0780. The molecule has 2 aromatic rings. The summed E-state index contributed by atoms with van der Waals surface area (Å²) in [6, 6.07) is 14.3. The zero-order valence-electron chi connectivity index (χ0n) is 12.4. The fraction of sp³-hybridized carbons (Fsp3) is 0.294. The maximum absolute atomic E-state index is 6.32. The van der Waals surface area contributed by atoms with Gasteiger partial charge in [-0.15, -0.1) is 0 Å². The van der Waals surface area contributed by atoms with Crippen molar-refractivity contribution in [2.75, 3.05) is 25.3 Å². The Balaban J connectivity index is 1.70. The van der Waals surface area contributed by atoms with Crippen molar-refractivity contribution < 1.29 is 9.47 Å². The van der Waals surface area contributed by atoms with Crippen LogP contribution in [0.1, 0.15) is 17.2 Å². The van der Waals surface area contributed by atoms with E-state index < -0.39 is 0 Å². The van der Waals surface area contributed by atoms with Crippen LogP contribution in [0.5, 0.6) is 11.5 Å². The van der Waals surface area contributed by atoms with Crippen LogP contribution in [0.2, 0.25) is 0 Å². The Kier molecular flexibility index (Phi) is 3.71. The van der Waals surface area contributed by atoms with Crippen LogP contribution in [-0.4, -0.2) is 20.4 Å². The first-order chi connectivity index (χ1) is 10.1. The Labute approximate surface area is 125 Å². The molecule has 4 heteroatoms. The zero-order chi connectivity index (χ0) is 14.8. The summed E-state index contributed by atoms with van der Waals surface area (Å²) in [5.74, 6) is 1.57. The second kappa shape index (κ2) is 5.66. The van der Waals surface area contributed by atoms with E-state index in [9.17, 15) is 0 Å². The van der Waals surface area contributed by atoms with Gasteiger partial charge in [0.25, 0.3) is 0 Å². The summed E-state index contributed by atoms with van der Waals surface area (Å²) in [7, 11) is 2.05. The number of likely N-dealkylation sites (N-methyl/N-ethyl adjacent to an activating group) is 1. The molecule has 0 aromatic heterocycles. The van der Waals surface area contributed by atoms with Crippen LogP contribution in [0, 0.1) is 6.92 Å². The molecule has 0 spiro atoms. The van der Waals surface area contributed by atoms with Crippen molar-refractivity contribution in [3.8, 4) is 11.5 Å². The third-order valence-corrected chi connectivity index (χ3v) is 3.77. The molecule has 4 nitrogen and oxygen atoms in total. The average molecular weight is 284 g/mol. The van der Waals surface area contributed by atoms with E-state index in [0.717, 1.165) is 29.3 Å². The van der Waals surface area contributed by atoms with E-state index in [1.165, 1.54) is 5.56 Å². The van der Waals surface area contributed by atoms with Crippen LogP contribution in [0.15, 0.2) is 42.5 Å². The van der Waals surface area contributed by atoms with Crippen molar-refractivity contribution in [3.63, 3.8) is 0 Å². The van der Waals surface area contributed by atoms with Gasteiger partial charge in [-0.3, -0.25) is 0 Å². The first-order valence-corrected chi connectivity index (χ1v) is 7.06. The smallest absolute Gasteiger partial charge is 0.231 e. The highest BCUT2D eigenvalue weighted by molar-refractivity contribution is 5.48. The zero-order valence-corrected chi connectivity index (χ0v) is 12.4. The molecule has 2 N–H and O–H groups in total.